The number of aliphatic hydroxyl groups excluding tert-OH is 1. The lowest BCUT2D eigenvalue weighted by Crippen LogP contribution is -2.05. The van der Waals surface area contributed by atoms with Crippen LogP contribution in [-0.4, -0.2) is 10.1 Å². The molecular formula is C8H7F2N3O. The van der Waals surface area contributed by atoms with Crippen molar-refractivity contribution in [3.63, 3.8) is 0 Å². The van der Waals surface area contributed by atoms with Crippen LogP contribution in [0.5, 0.6) is 0 Å². The molecule has 0 radical (unpaired) electrons. The fourth-order valence-corrected chi connectivity index (χ4v) is 1.07. The van der Waals surface area contributed by atoms with E-state index in [4.69, 9.17) is 16.1 Å². The first-order valence-corrected chi connectivity index (χ1v) is 3.68. The van der Waals surface area contributed by atoms with Crippen LogP contribution in [0.15, 0.2) is 6.20 Å². The first-order chi connectivity index (χ1) is 6.61. The molecule has 0 amide bonds. The zero-order valence-corrected chi connectivity index (χ0v) is 7.04. The van der Waals surface area contributed by atoms with Crippen LogP contribution in [0.25, 0.3) is 0 Å². The second-order valence-electron chi connectivity index (χ2n) is 2.52. The van der Waals surface area contributed by atoms with Crippen molar-refractivity contribution in [2.24, 2.45) is 0 Å². The van der Waals surface area contributed by atoms with Gasteiger partial charge in [0.25, 0.3) is 6.43 Å². The summed E-state index contributed by atoms with van der Waals surface area (Å²) in [4.78, 5) is 3.52. The first-order valence-electron chi connectivity index (χ1n) is 3.68. The summed E-state index contributed by atoms with van der Waals surface area (Å²) in [7, 11) is 0. The molecule has 74 valence electrons. The van der Waals surface area contributed by atoms with E-state index in [0.29, 0.717) is 0 Å². The van der Waals surface area contributed by atoms with Gasteiger partial charge < -0.3 is 10.8 Å². The number of aromatic nitrogens is 1. The predicted molar refractivity (Wildman–Crippen MR) is 44.2 cm³/mol. The van der Waals surface area contributed by atoms with Crippen molar-refractivity contribution in [2.45, 2.75) is 13.0 Å². The molecule has 4 nitrogen and oxygen atoms in total. The van der Waals surface area contributed by atoms with E-state index in [0.717, 1.165) is 6.20 Å². The number of rotatable bonds is 2. The average molecular weight is 199 g/mol. The minimum absolute atomic E-state index is 0.111. The number of nitrogens with two attached hydrogens (primary N) is 1. The summed E-state index contributed by atoms with van der Waals surface area (Å²) in [6.45, 7) is -0.644. The fraction of sp³-hybridized carbons (Fsp3) is 0.250. The van der Waals surface area contributed by atoms with Gasteiger partial charge in [-0.2, -0.15) is 5.26 Å². The quantitative estimate of drug-likeness (QED) is 0.743. The van der Waals surface area contributed by atoms with E-state index in [1.165, 1.54) is 0 Å². The molecule has 1 rings (SSSR count). The first kappa shape index (κ1) is 10.3. The number of pyridine rings is 1. The second-order valence-corrected chi connectivity index (χ2v) is 2.52. The van der Waals surface area contributed by atoms with Crippen LogP contribution >= 0.6 is 0 Å². The molecule has 0 saturated carbocycles. The lowest BCUT2D eigenvalue weighted by atomic mass is 10.1. The molecule has 0 spiro atoms. The molecule has 0 aliphatic carbocycles. The normalized spacial score (nSPS) is 10.2. The minimum atomic E-state index is -2.87. The molecule has 0 atom stereocenters. The van der Waals surface area contributed by atoms with Gasteiger partial charge in [-0.3, -0.25) is 4.98 Å². The fourth-order valence-electron chi connectivity index (χ4n) is 1.07. The zero-order valence-electron chi connectivity index (χ0n) is 7.04. The Morgan fingerprint density at radius 2 is 2.29 bits per heavy atom. The molecule has 14 heavy (non-hydrogen) atoms. The van der Waals surface area contributed by atoms with Gasteiger partial charge in [0.2, 0.25) is 0 Å². The molecule has 0 aromatic carbocycles. The van der Waals surface area contributed by atoms with Crippen molar-refractivity contribution in [3.05, 3.63) is 23.0 Å². The molecule has 0 unspecified atom stereocenters. The monoisotopic (exact) mass is 199 g/mol. The molecule has 0 aliphatic heterocycles. The summed E-state index contributed by atoms with van der Waals surface area (Å²) < 4.78 is 25.0. The predicted octanol–water partition coefficient (Wildman–Crippen LogP) is 0.965. The Bertz CT molecular complexity index is 387. The maximum atomic E-state index is 12.5. The van der Waals surface area contributed by atoms with Crippen molar-refractivity contribution < 1.29 is 13.9 Å². The lowest BCUT2D eigenvalue weighted by Gasteiger charge is -2.08. The Morgan fingerprint density at radius 3 is 2.71 bits per heavy atom. The van der Waals surface area contributed by atoms with Crippen LogP contribution in [0.2, 0.25) is 0 Å². The van der Waals surface area contributed by atoms with E-state index in [9.17, 15) is 8.78 Å². The largest absolute Gasteiger partial charge is 0.396 e. The van der Waals surface area contributed by atoms with Crippen molar-refractivity contribution in [1.29, 1.82) is 5.26 Å². The SMILES string of the molecule is N#Cc1c(N)cnc(CO)c1C(F)F. The highest BCUT2D eigenvalue weighted by molar-refractivity contribution is 5.58. The number of alkyl halides is 2. The van der Waals surface area contributed by atoms with E-state index in [1.54, 1.807) is 6.07 Å². The summed E-state index contributed by atoms with van der Waals surface area (Å²) in [6.07, 6.45) is -1.79. The molecule has 1 aromatic heterocycles. The molecule has 1 heterocycles. The number of nitrogens with zero attached hydrogens (tertiary/aromatic N) is 2. The number of anilines is 1. The molecule has 3 N–H and O–H groups in total. The molecule has 0 bridgehead atoms. The third kappa shape index (κ3) is 1.63. The van der Waals surface area contributed by atoms with E-state index in [-0.39, 0.29) is 16.9 Å². The number of nitriles is 1. The van der Waals surface area contributed by atoms with Gasteiger partial charge in [0.05, 0.1) is 35.3 Å². The number of aliphatic hydroxyl groups is 1. The topological polar surface area (TPSA) is 82.9 Å². The lowest BCUT2D eigenvalue weighted by molar-refractivity contribution is 0.146. The van der Waals surface area contributed by atoms with Crippen molar-refractivity contribution in [1.82, 2.24) is 4.98 Å². The molecular weight excluding hydrogens is 192 g/mol. The van der Waals surface area contributed by atoms with Crippen LogP contribution in [0.1, 0.15) is 23.2 Å². The summed E-state index contributed by atoms with van der Waals surface area (Å²) in [5, 5.41) is 17.3. The number of hydrogen-bond acceptors (Lipinski definition) is 4. The number of halogens is 2. The van der Waals surface area contributed by atoms with Gasteiger partial charge in [-0.05, 0) is 0 Å². The highest BCUT2D eigenvalue weighted by Gasteiger charge is 2.20. The van der Waals surface area contributed by atoms with Gasteiger partial charge in [-0.1, -0.05) is 0 Å². The number of hydrogen-bond donors (Lipinski definition) is 2. The molecule has 0 aliphatic rings. The van der Waals surface area contributed by atoms with E-state index in [2.05, 4.69) is 4.98 Å². The number of nitrogen functional groups attached to an aromatic ring is 1. The Balaban J connectivity index is 3.46. The third-order valence-electron chi connectivity index (χ3n) is 1.71. The van der Waals surface area contributed by atoms with Gasteiger partial charge in [-0.15, -0.1) is 0 Å². The van der Waals surface area contributed by atoms with Gasteiger partial charge in [0.15, 0.2) is 0 Å². The Morgan fingerprint density at radius 1 is 1.64 bits per heavy atom. The molecule has 0 fully saturated rings. The second kappa shape index (κ2) is 3.98. The highest BCUT2D eigenvalue weighted by Crippen LogP contribution is 2.28. The van der Waals surface area contributed by atoms with Gasteiger partial charge in [0.1, 0.15) is 6.07 Å². The third-order valence-corrected chi connectivity index (χ3v) is 1.71. The Hall–Kier alpha value is -1.74. The summed E-state index contributed by atoms with van der Waals surface area (Å²) >= 11 is 0. The maximum Gasteiger partial charge on any atom is 0.267 e. The molecule has 0 saturated heterocycles. The summed E-state index contributed by atoms with van der Waals surface area (Å²) in [5.41, 5.74) is 4.06. The van der Waals surface area contributed by atoms with Crippen LogP contribution < -0.4 is 5.73 Å². The maximum absolute atomic E-state index is 12.5. The molecule has 1 aromatic rings. The molecule has 6 heteroatoms. The van der Waals surface area contributed by atoms with E-state index < -0.39 is 18.6 Å². The highest BCUT2D eigenvalue weighted by atomic mass is 19.3. The van der Waals surface area contributed by atoms with Crippen molar-refractivity contribution >= 4 is 5.69 Å². The standard InChI is InChI=1S/C8H7F2N3O/c9-8(10)7-4(1-11)5(12)2-13-6(7)3-14/h2,8,14H,3,12H2. The van der Waals surface area contributed by atoms with Crippen molar-refractivity contribution in [2.75, 3.05) is 5.73 Å². The van der Waals surface area contributed by atoms with E-state index >= 15 is 0 Å². The smallest absolute Gasteiger partial charge is 0.267 e. The van der Waals surface area contributed by atoms with Crippen LogP contribution in [0.3, 0.4) is 0 Å². The summed E-state index contributed by atoms with van der Waals surface area (Å²) in [5.74, 6) is 0. The van der Waals surface area contributed by atoms with E-state index in [1.807, 2.05) is 0 Å². The van der Waals surface area contributed by atoms with Gasteiger partial charge in [-0.25, -0.2) is 8.78 Å². The van der Waals surface area contributed by atoms with Gasteiger partial charge >= 0.3 is 0 Å². The Labute approximate surface area is 78.6 Å². The van der Waals surface area contributed by atoms with Crippen LogP contribution in [0.4, 0.5) is 14.5 Å². The van der Waals surface area contributed by atoms with Crippen LogP contribution in [-0.2, 0) is 6.61 Å². The zero-order chi connectivity index (χ0) is 10.7. The Kier molecular flexibility index (Phi) is 2.94. The average Bonchev–Trinajstić information content (AvgIpc) is 2.17. The van der Waals surface area contributed by atoms with Crippen LogP contribution in [0, 0.1) is 11.3 Å². The van der Waals surface area contributed by atoms with Gasteiger partial charge in [0, 0.05) is 0 Å². The van der Waals surface area contributed by atoms with Crippen molar-refractivity contribution in [3.8, 4) is 6.07 Å². The summed E-state index contributed by atoms with van der Waals surface area (Å²) in [6, 6.07) is 1.56. The minimum Gasteiger partial charge on any atom is -0.396 e.